The minimum atomic E-state index is -0.792. The maximum Gasteiger partial charge on any atom is 0.414 e. The fraction of sp³-hybridized carbons (Fsp3) is 0.417. The van der Waals surface area contributed by atoms with Gasteiger partial charge in [0.25, 0.3) is 11.4 Å². The Morgan fingerprint density at radius 3 is 2.26 bits per heavy atom. The second kappa shape index (κ2) is 11.6. The zero-order valence-corrected chi connectivity index (χ0v) is 21.5. The summed E-state index contributed by atoms with van der Waals surface area (Å²) >= 11 is 0. The predicted molar refractivity (Wildman–Crippen MR) is 134 cm³/mol. The van der Waals surface area contributed by atoms with Crippen molar-refractivity contribution in [2.24, 2.45) is 0 Å². The third-order valence-corrected chi connectivity index (χ3v) is 6.22. The number of methoxy groups -OCH3 is 3. The minimum Gasteiger partial charge on any atom is -0.493 e. The van der Waals surface area contributed by atoms with Crippen LogP contribution < -0.4 is 14.4 Å². The van der Waals surface area contributed by atoms with E-state index in [1.54, 1.807) is 26.0 Å². The van der Waals surface area contributed by atoms with Gasteiger partial charge in [0, 0.05) is 29.3 Å². The van der Waals surface area contributed by atoms with Crippen LogP contribution in [0, 0.1) is 20.2 Å². The van der Waals surface area contributed by atoms with Crippen LogP contribution in [-0.2, 0) is 16.0 Å². The molecule has 3 rings (SSSR count). The van der Waals surface area contributed by atoms with E-state index in [1.165, 1.54) is 37.2 Å². The summed E-state index contributed by atoms with van der Waals surface area (Å²) in [5, 5.41) is 22.9. The van der Waals surface area contributed by atoms with E-state index in [9.17, 15) is 29.8 Å². The minimum absolute atomic E-state index is 0.0634. The normalized spacial score (nSPS) is 16.2. The third-order valence-electron chi connectivity index (χ3n) is 6.22. The van der Waals surface area contributed by atoms with Crippen molar-refractivity contribution >= 4 is 29.2 Å². The summed E-state index contributed by atoms with van der Waals surface area (Å²) in [6, 6.07) is 5.23. The van der Waals surface area contributed by atoms with Gasteiger partial charge in [0.2, 0.25) is 0 Å². The third kappa shape index (κ3) is 5.38. The van der Waals surface area contributed by atoms with E-state index < -0.39 is 45.5 Å². The summed E-state index contributed by atoms with van der Waals surface area (Å²) in [6.07, 6.45) is -1.17. The van der Waals surface area contributed by atoms with Gasteiger partial charge < -0.3 is 18.9 Å². The van der Waals surface area contributed by atoms with E-state index in [2.05, 4.69) is 0 Å². The van der Waals surface area contributed by atoms with Crippen molar-refractivity contribution in [1.82, 2.24) is 4.90 Å². The van der Waals surface area contributed by atoms with Gasteiger partial charge in [-0.2, -0.15) is 0 Å². The molecular weight excluding hydrogens is 504 g/mol. The Hall–Kier alpha value is -4.62. The van der Waals surface area contributed by atoms with E-state index in [4.69, 9.17) is 18.9 Å². The number of amides is 2. The first-order chi connectivity index (χ1) is 18.1. The lowest BCUT2D eigenvalue weighted by Gasteiger charge is -2.42. The van der Waals surface area contributed by atoms with Crippen molar-refractivity contribution in [3.8, 4) is 11.5 Å². The van der Waals surface area contributed by atoms with Gasteiger partial charge in [-0.15, -0.1) is 0 Å². The Labute approximate surface area is 217 Å². The molecule has 2 amide bonds. The van der Waals surface area contributed by atoms with Gasteiger partial charge in [-0.25, -0.2) is 9.59 Å². The standard InChI is InChI=1S/C24H28N4O10/c1-6-38-24(30)26-14(2)9-19(17-11-21(35-3)22(36-4)12-20(17)26)25(23(29)37-5)13-15-7-8-16(27(31)32)10-18(15)28(33)34/h7-8,10-12,14,19H,6,9,13H2,1-5H3. The summed E-state index contributed by atoms with van der Waals surface area (Å²) in [7, 11) is 4.05. The molecule has 0 saturated heterocycles. The number of carbonyl (C=O) groups excluding carboxylic acids is 2. The van der Waals surface area contributed by atoms with Crippen molar-refractivity contribution in [1.29, 1.82) is 0 Å². The number of benzene rings is 2. The number of hydrogen-bond acceptors (Lipinski definition) is 10. The number of nitro groups is 2. The second-order valence-electron chi connectivity index (χ2n) is 8.36. The summed E-state index contributed by atoms with van der Waals surface area (Å²) in [4.78, 5) is 50.1. The molecule has 2 atom stereocenters. The molecule has 1 heterocycles. The number of non-ortho nitro benzene ring substituents is 1. The molecule has 0 aliphatic carbocycles. The molecular formula is C24H28N4O10. The quantitative estimate of drug-likeness (QED) is 0.347. The number of anilines is 1. The first-order valence-electron chi connectivity index (χ1n) is 11.6. The maximum atomic E-state index is 13.0. The Bertz CT molecular complexity index is 1250. The van der Waals surface area contributed by atoms with Crippen molar-refractivity contribution in [3.05, 3.63) is 61.7 Å². The average molecular weight is 533 g/mol. The van der Waals surface area contributed by atoms with Crippen molar-refractivity contribution in [3.63, 3.8) is 0 Å². The SMILES string of the molecule is CCOC(=O)N1c2cc(OC)c(OC)cc2C(N(Cc2ccc([N+](=O)[O-])cc2[N+](=O)[O-])C(=O)OC)CC1C. The molecule has 2 unspecified atom stereocenters. The highest BCUT2D eigenvalue weighted by atomic mass is 16.6. The van der Waals surface area contributed by atoms with Crippen LogP contribution in [0.25, 0.3) is 0 Å². The number of fused-ring (bicyclic) bond motifs is 1. The van der Waals surface area contributed by atoms with Gasteiger partial charge in [0.1, 0.15) is 0 Å². The average Bonchev–Trinajstić information content (AvgIpc) is 2.89. The molecule has 0 saturated carbocycles. The lowest BCUT2D eigenvalue weighted by atomic mass is 9.90. The van der Waals surface area contributed by atoms with E-state index in [-0.39, 0.29) is 25.1 Å². The van der Waals surface area contributed by atoms with E-state index >= 15 is 0 Å². The van der Waals surface area contributed by atoms with Gasteiger partial charge in [0.15, 0.2) is 11.5 Å². The molecule has 38 heavy (non-hydrogen) atoms. The summed E-state index contributed by atoms with van der Waals surface area (Å²) in [5.74, 6) is 0.671. The number of carbonyl (C=O) groups is 2. The second-order valence-corrected chi connectivity index (χ2v) is 8.36. The Balaban J connectivity index is 2.19. The van der Waals surface area contributed by atoms with Crippen LogP contribution in [0.4, 0.5) is 26.7 Å². The topological polar surface area (TPSA) is 164 Å². The molecule has 204 valence electrons. The van der Waals surface area contributed by atoms with Crippen LogP contribution in [0.2, 0.25) is 0 Å². The van der Waals surface area contributed by atoms with Crippen molar-refractivity contribution < 1.29 is 38.4 Å². The lowest BCUT2D eigenvalue weighted by molar-refractivity contribution is -0.394. The molecule has 14 nitrogen and oxygen atoms in total. The monoisotopic (exact) mass is 532 g/mol. The molecule has 0 radical (unpaired) electrons. The maximum absolute atomic E-state index is 13.0. The van der Waals surface area contributed by atoms with Gasteiger partial charge in [0.05, 0.1) is 62.1 Å². The molecule has 1 aliphatic heterocycles. The van der Waals surface area contributed by atoms with Gasteiger partial charge in [-0.1, -0.05) is 0 Å². The number of ether oxygens (including phenoxy) is 4. The van der Waals surface area contributed by atoms with Gasteiger partial charge >= 0.3 is 12.2 Å². The zero-order valence-electron chi connectivity index (χ0n) is 21.5. The summed E-state index contributed by atoms with van der Waals surface area (Å²) in [6.45, 7) is 3.30. The van der Waals surface area contributed by atoms with E-state index in [0.29, 0.717) is 22.7 Å². The largest absolute Gasteiger partial charge is 0.493 e. The van der Waals surface area contributed by atoms with Crippen LogP contribution in [0.1, 0.15) is 37.4 Å². The zero-order chi connectivity index (χ0) is 28.1. The number of nitro benzene ring substituents is 2. The Morgan fingerprint density at radius 2 is 1.71 bits per heavy atom. The highest BCUT2D eigenvalue weighted by Gasteiger charge is 2.41. The van der Waals surface area contributed by atoms with Crippen LogP contribution >= 0.6 is 0 Å². The molecule has 0 aromatic heterocycles. The molecule has 0 bridgehead atoms. The lowest BCUT2D eigenvalue weighted by Crippen LogP contribution is -2.47. The molecule has 14 heteroatoms. The van der Waals surface area contributed by atoms with Crippen molar-refractivity contribution in [2.75, 3.05) is 32.8 Å². The molecule has 0 N–H and O–H groups in total. The van der Waals surface area contributed by atoms with Crippen LogP contribution in [0.5, 0.6) is 11.5 Å². The fourth-order valence-electron chi connectivity index (χ4n) is 4.49. The molecule has 0 fully saturated rings. The van der Waals surface area contributed by atoms with E-state index in [1.807, 2.05) is 0 Å². The molecule has 2 aromatic rings. The first kappa shape index (κ1) is 28.0. The fourth-order valence-corrected chi connectivity index (χ4v) is 4.49. The van der Waals surface area contributed by atoms with Crippen LogP contribution in [-0.4, -0.2) is 60.9 Å². The molecule has 2 aromatic carbocycles. The highest BCUT2D eigenvalue weighted by molar-refractivity contribution is 5.91. The molecule has 1 aliphatic rings. The number of hydrogen-bond donors (Lipinski definition) is 0. The summed E-state index contributed by atoms with van der Waals surface area (Å²) in [5.41, 5.74) is -0.0181. The predicted octanol–water partition coefficient (Wildman–Crippen LogP) is 4.59. The molecule has 0 spiro atoms. The van der Waals surface area contributed by atoms with Crippen molar-refractivity contribution in [2.45, 2.75) is 38.9 Å². The Kier molecular flexibility index (Phi) is 8.55. The van der Waals surface area contributed by atoms with Gasteiger partial charge in [-0.05, 0) is 32.4 Å². The Morgan fingerprint density at radius 1 is 1.05 bits per heavy atom. The summed E-state index contributed by atoms with van der Waals surface area (Å²) < 4.78 is 21.1. The first-order valence-corrected chi connectivity index (χ1v) is 11.6. The van der Waals surface area contributed by atoms with Crippen LogP contribution in [0.15, 0.2) is 30.3 Å². The highest BCUT2D eigenvalue weighted by Crippen LogP contribution is 2.46. The van der Waals surface area contributed by atoms with E-state index in [0.717, 1.165) is 12.1 Å². The smallest absolute Gasteiger partial charge is 0.414 e. The van der Waals surface area contributed by atoms with Gasteiger partial charge in [-0.3, -0.25) is 30.0 Å². The number of rotatable bonds is 8. The number of nitrogens with zero attached hydrogens (tertiary/aromatic N) is 4. The van der Waals surface area contributed by atoms with Crippen LogP contribution in [0.3, 0.4) is 0 Å².